The van der Waals surface area contributed by atoms with E-state index in [2.05, 4.69) is 16.0 Å². The van der Waals surface area contributed by atoms with Gasteiger partial charge in [0, 0.05) is 21.8 Å². The second-order valence-electron chi connectivity index (χ2n) is 10.7. The molecule has 0 fully saturated rings. The van der Waals surface area contributed by atoms with Crippen molar-refractivity contribution in [3.05, 3.63) is 161 Å². The zero-order valence-corrected chi connectivity index (χ0v) is 27.4. The van der Waals surface area contributed by atoms with Crippen LogP contribution in [0.4, 0.5) is 11.4 Å². The number of thioether (sulfide) groups is 1. The van der Waals surface area contributed by atoms with Crippen molar-refractivity contribution in [2.24, 2.45) is 5.14 Å². The number of rotatable bonds is 11. The molecule has 0 aliphatic rings. The van der Waals surface area contributed by atoms with Crippen molar-refractivity contribution in [3.8, 4) is 0 Å². The topological polar surface area (TPSA) is 147 Å². The summed E-state index contributed by atoms with van der Waals surface area (Å²) in [5.41, 5.74) is 3.86. The number of hydrogen-bond donors (Lipinski definition) is 4. The molecule has 242 valence electrons. The number of nitrogens with one attached hydrogen (secondary N) is 3. The van der Waals surface area contributed by atoms with E-state index in [4.69, 9.17) is 5.14 Å². The largest absolute Gasteiger partial charge is 0.325 e. The lowest BCUT2D eigenvalue weighted by molar-refractivity contribution is -0.116. The lowest BCUT2D eigenvalue weighted by atomic mass is 10.1. The van der Waals surface area contributed by atoms with Gasteiger partial charge in [0.25, 0.3) is 11.8 Å². The molecule has 48 heavy (non-hydrogen) atoms. The molecule has 11 heteroatoms. The highest BCUT2D eigenvalue weighted by atomic mass is 32.2. The minimum atomic E-state index is -3.87. The summed E-state index contributed by atoms with van der Waals surface area (Å²) >= 11 is 1.27. The maximum Gasteiger partial charge on any atom is 0.272 e. The molecule has 5 aromatic rings. The van der Waals surface area contributed by atoms with Gasteiger partial charge in [0.15, 0.2) is 0 Å². The van der Waals surface area contributed by atoms with Gasteiger partial charge in [-0.25, -0.2) is 13.6 Å². The van der Waals surface area contributed by atoms with Crippen molar-refractivity contribution in [2.75, 3.05) is 10.6 Å². The van der Waals surface area contributed by atoms with Crippen LogP contribution in [-0.4, -0.2) is 26.1 Å². The number of benzene rings is 5. The van der Waals surface area contributed by atoms with Crippen molar-refractivity contribution < 1.29 is 22.8 Å². The summed E-state index contributed by atoms with van der Waals surface area (Å²) in [7, 11) is -3.87. The van der Waals surface area contributed by atoms with Crippen LogP contribution in [-0.2, 0) is 19.6 Å². The van der Waals surface area contributed by atoms with Gasteiger partial charge in [-0.05, 0) is 78.7 Å². The molecule has 9 nitrogen and oxygen atoms in total. The van der Waals surface area contributed by atoms with Crippen molar-refractivity contribution in [1.82, 2.24) is 5.32 Å². The molecule has 0 saturated carbocycles. The van der Waals surface area contributed by atoms with Gasteiger partial charge in [-0.1, -0.05) is 84.4 Å². The van der Waals surface area contributed by atoms with Crippen molar-refractivity contribution in [2.45, 2.75) is 22.0 Å². The minimum absolute atomic E-state index is 0.0563. The number of amides is 3. The quantitative estimate of drug-likeness (QED) is 0.0925. The fourth-order valence-electron chi connectivity index (χ4n) is 4.59. The number of anilines is 2. The smallest absolute Gasteiger partial charge is 0.272 e. The van der Waals surface area contributed by atoms with Gasteiger partial charge >= 0.3 is 0 Å². The van der Waals surface area contributed by atoms with E-state index in [1.165, 1.54) is 36.0 Å². The third-order valence-corrected chi connectivity index (χ3v) is 9.23. The van der Waals surface area contributed by atoms with Crippen LogP contribution in [0.25, 0.3) is 6.08 Å². The van der Waals surface area contributed by atoms with Crippen molar-refractivity contribution in [1.29, 1.82) is 0 Å². The Labute approximate surface area is 283 Å². The zero-order valence-electron chi connectivity index (χ0n) is 25.8. The molecule has 3 amide bonds. The van der Waals surface area contributed by atoms with Gasteiger partial charge in [-0.2, -0.15) is 0 Å². The summed E-state index contributed by atoms with van der Waals surface area (Å²) in [5, 5.41) is 13.0. The molecule has 0 saturated heterocycles. The molecule has 0 spiro atoms. The molecule has 0 radical (unpaired) electrons. The Morgan fingerprint density at radius 3 is 2.02 bits per heavy atom. The molecule has 5 aromatic carbocycles. The molecule has 1 atom stereocenters. The second kappa shape index (κ2) is 15.4. The molecule has 0 bridgehead atoms. The Morgan fingerprint density at radius 2 is 1.38 bits per heavy atom. The monoisotopic (exact) mass is 676 g/mol. The summed E-state index contributed by atoms with van der Waals surface area (Å²) in [6.45, 7) is 1.96. The van der Waals surface area contributed by atoms with Crippen LogP contribution in [0.2, 0.25) is 0 Å². The van der Waals surface area contributed by atoms with Crippen LogP contribution in [0.5, 0.6) is 0 Å². The molecule has 0 heterocycles. The first-order valence-electron chi connectivity index (χ1n) is 14.8. The average Bonchev–Trinajstić information content (AvgIpc) is 3.08. The van der Waals surface area contributed by atoms with Crippen LogP contribution in [0.15, 0.2) is 149 Å². The summed E-state index contributed by atoms with van der Waals surface area (Å²) < 4.78 is 23.3. The van der Waals surface area contributed by atoms with E-state index in [0.717, 1.165) is 16.7 Å². The number of hydrogen-bond acceptors (Lipinski definition) is 6. The fraction of sp³-hybridized carbons (Fsp3) is 0.0541. The Kier molecular flexibility index (Phi) is 10.9. The SMILES string of the molecule is Cc1ccc(/C=C(\NC(=O)c2ccccc2)C(=O)Nc2cccc(SC(C(=O)Nc3ccc(S(N)(=O)=O)cc3)c3ccccc3)c2)cc1. The first-order valence-corrected chi connectivity index (χ1v) is 17.2. The number of primary sulfonamides is 1. The molecule has 5 rings (SSSR count). The van der Waals surface area contributed by atoms with Gasteiger partial charge < -0.3 is 16.0 Å². The van der Waals surface area contributed by atoms with E-state index in [1.54, 1.807) is 54.6 Å². The number of carbonyl (C=O) groups is 3. The first kappa shape index (κ1) is 33.9. The molecule has 0 aromatic heterocycles. The molecule has 0 aliphatic carbocycles. The fourth-order valence-corrected chi connectivity index (χ4v) is 6.19. The Morgan fingerprint density at radius 1 is 0.729 bits per heavy atom. The predicted octanol–water partition coefficient (Wildman–Crippen LogP) is 6.52. The van der Waals surface area contributed by atoms with E-state index in [1.807, 2.05) is 67.6 Å². The van der Waals surface area contributed by atoms with Gasteiger partial charge in [0.2, 0.25) is 15.9 Å². The number of carbonyl (C=O) groups excluding carboxylic acids is 3. The summed E-state index contributed by atoms with van der Waals surface area (Å²) in [4.78, 5) is 40.8. The normalized spacial score (nSPS) is 12.1. The minimum Gasteiger partial charge on any atom is -0.325 e. The lowest BCUT2D eigenvalue weighted by Gasteiger charge is -2.18. The molecular weight excluding hydrogens is 645 g/mol. The average molecular weight is 677 g/mol. The first-order chi connectivity index (χ1) is 23.0. The van der Waals surface area contributed by atoms with Crippen molar-refractivity contribution in [3.63, 3.8) is 0 Å². The van der Waals surface area contributed by atoms with E-state index in [9.17, 15) is 22.8 Å². The van der Waals surface area contributed by atoms with E-state index in [-0.39, 0.29) is 16.5 Å². The van der Waals surface area contributed by atoms with Crippen molar-refractivity contribution >= 4 is 57.0 Å². The standard InChI is InChI=1S/C37H32N4O5S2/c1-25-15-17-26(18-16-25)23-33(41-35(42)28-11-6-3-7-12-28)36(43)40-30-13-8-14-31(24-30)47-34(27-9-4-2-5-10-27)37(44)39-29-19-21-32(22-20-29)48(38,45)46/h2-24,34H,1H3,(H,39,44)(H,40,43)(H,41,42)(H2,38,45,46)/b33-23-. The Bertz CT molecular complexity index is 2050. The van der Waals surface area contributed by atoms with Crippen LogP contribution in [0.3, 0.4) is 0 Å². The maximum atomic E-state index is 13.6. The third kappa shape index (κ3) is 9.29. The Hall–Kier alpha value is -5.49. The molecule has 5 N–H and O–H groups in total. The van der Waals surface area contributed by atoms with E-state index in [0.29, 0.717) is 21.8 Å². The van der Waals surface area contributed by atoms with Crippen LogP contribution in [0, 0.1) is 6.92 Å². The molecule has 0 aliphatic heterocycles. The van der Waals surface area contributed by atoms with Gasteiger partial charge in [-0.3, -0.25) is 14.4 Å². The number of aryl methyl sites for hydroxylation is 1. The Balaban J connectivity index is 1.36. The molecular formula is C37H32N4O5S2. The molecule has 1 unspecified atom stereocenters. The lowest BCUT2D eigenvalue weighted by Crippen LogP contribution is -2.30. The summed E-state index contributed by atoms with van der Waals surface area (Å²) in [6.07, 6.45) is 1.61. The summed E-state index contributed by atoms with van der Waals surface area (Å²) in [6, 6.07) is 38.0. The van der Waals surface area contributed by atoms with E-state index >= 15 is 0 Å². The van der Waals surface area contributed by atoms with Gasteiger partial charge in [0.05, 0.1) is 4.90 Å². The highest BCUT2D eigenvalue weighted by Gasteiger charge is 2.23. The highest BCUT2D eigenvalue weighted by Crippen LogP contribution is 2.37. The highest BCUT2D eigenvalue weighted by molar-refractivity contribution is 8.00. The van der Waals surface area contributed by atoms with Gasteiger partial charge in [0.1, 0.15) is 10.9 Å². The number of sulfonamides is 1. The third-order valence-electron chi connectivity index (χ3n) is 7.05. The van der Waals surface area contributed by atoms with E-state index < -0.39 is 27.1 Å². The maximum absolute atomic E-state index is 13.6. The summed E-state index contributed by atoms with van der Waals surface area (Å²) in [5.74, 6) is -1.29. The second-order valence-corrected chi connectivity index (χ2v) is 13.5. The van der Waals surface area contributed by atoms with Crippen LogP contribution in [0.1, 0.15) is 32.3 Å². The van der Waals surface area contributed by atoms with Crippen LogP contribution < -0.4 is 21.1 Å². The van der Waals surface area contributed by atoms with Crippen LogP contribution >= 0.6 is 11.8 Å². The van der Waals surface area contributed by atoms with Gasteiger partial charge in [-0.15, -0.1) is 11.8 Å². The predicted molar refractivity (Wildman–Crippen MR) is 190 cm³/mol. The number of nitrogens with two attached hydrogens (primary N) is 1. The zero-order chi connectivity index (χ0) is 34.1.